The lowest BCUT2D eigenvalue weighted by molar-refractivity contribution is -0.141. The van der Waals surface area contributed by atoms with Crippen molar-refractivity contribution in [2.45, 2.75) is 83.0 Å². The molecule has 1 amide bonds. The molecule has 3 aromatic carbocycles. The lowest BCUT2D eigenvalue weighted by atomic mass is 9.71. The molecule has 0 saturated heterocycles. The van der Waals surface area contributed by atoms with E-state index >= 15 is 0 Å². The first kappa shape index (κ1) is 36.2. The maximum Gasteiger partial charge on any atom is 0.360 e. The first-order valence-corrected chi connectivity index (χ1v) is 19.8. The van der Waals surface area contributed by atoms with Gasteiger partial charge in [-0.3, -0.25) is 9.59 Å². The molecule has 296 valence electrons. The molecule has 3 aliphatic heterocycles. The summed E-state index contributed by atoms with van der Waals surface area (Å²) in [6, 6.07) is 14.4. The smallest absolute Gasteiger partial charge is 0.360 e. The number of aromatic nitrogens is 3. The molecule has 4 aliphatic rings. The number of esters is 1. The Kier molecular flexibility index (Phi) is 7.88. The molecule has 1 spiro atoms. The minimum absolute atomic E-state index is 0.00930. The van der Waals surface area contributed by atoms with Crippen molar-refractivity contribution in [1.29, 1.82) is 0 Å². The fourth-order valence-corrected chi connectivity index (χ4v) is 9.80. The van der Waals surface area contributed by atoms with Crippen LogP contribution in [0, 0.1) is 11.8 Å². The van der Waals surface area contributed by atoms with Crippen LogP contribution >= 0.6 is 0 Å². The number of aromatic hydroxyl groups is 1. The number of hydrogen-bond acceptors (Lipinski definition) is 11. The van der Waals surface area contributed by atoms with Crippen LogP contribution < -0.4 is 10.1 Å². The largest absolute Gasteiger partial charge is 0.507 e. The Labute approximate surface area is 332 Å². The first-order valence-electron chi connectivity index (χ1n) is 19.8. The van der Waals surface area contributed by atoms with E-state index in [1.54, 1.807) is 32.2 Å². The number of phenols is 1. The third kappa shape index (κ3) is 4.82. The van der Waals surface area contributed by atoms with Crippen LogP contribution in [0.15, 0.2) is 63.6 Å². The Bertz CT molecular complexity index is 2730. The van der Waals surface area contributed by atoms with E-state index < -0.39 is 35.0 Å². The number of ether oxygens (including phenoxy) is 2. The molecular formula is C45H42N4O9. The van der Waals surface area contributed by atoms with E-state index in [9.17, 15) is 24.6 Å². The standard InChI is InChI=1S/C45H42N4O9/c1-6-44(54,7-2)31(51)17-22-15-21-11-14-30-27(16-21)45-26-10-8-9-23(24(26)18-32(45)56-30)34-29(50)13-12-28-33(34)25(19-46-28)38-36(43(53)55-5)48-42(57-38)37-39(45)58-41(49-37)35(20(3)4)47-40(22)52/h8-14,16,19-20,22,32,35,46,50,54H,6-7,15,17-18H2,1-5H3,(H,47,52)/t22-,32-,35+,45?/m1/s1. The van der Waals surface area contributed by atoms with Gasteiger partial charge in [0, 0.05) is 52.5 Å². The second kappa shape index (κ2) is 12.6. The van der Waals surface area contributed by atoms with Crippen molar-refractivity contribution in [3.05, 3.63) is 94.3 Å². The molecular weight excluding hydrogens is 741 g/mol. The number of fused-ring (bicyclic) bond motifs is 7. The number of oxazole rings is 2. The van der Waals surface area contributed by atoms with Crippen LogP contribution in [0.3, 0.4) is 0 Å². The number of phenolic OH excluding ortho intramolecular Hbond substituents is 1. The molecule has 0 saturated carbocycles. The maximum atomic E-state index is 14.4. The monoisotopic (exact) mass is 782 g/mol. The number of Topliss-reactive ketones (excluding diaryl/α,β-unsaturated/α-hetero) is 1. The molecule has 6 heterocycles. The zero-order valence-electron chi connectivity index (χ0n) is 32.7. The molecule has 6 aromatic rings. The topological polar surface area (TPSA) is 190 Å². The quantitative estimate of drug-likeness (QED) is 0.121. The molecule has 0 radical (unpaired) electrons. The molecule has 10 rings (SSSR count). The summed E-state index contributed by atoms with van der Waals surface area (Å²) in [5, 5.41) is 26.8. The number of hydrogen-bond donors (Lipinski definition) is 4. The number of nitrogens with zero attached hydrogens (tertiary/aromatic N) is 2. The first-order chi connectivity index (χ1) is 27.9. The van der Waals surface area contributed by atoms with Crippen LogP contribution in [0.25, 0.3) is 44.9 Å². The van der Waals surface area contributed by atoms with Crippen molar-refractivity contribution in [1.82, 2.24) is 20.3 Å². The number of aliphatic hydroxyl groups is 1. The van der Waals surface area contributed by atoms with Gasteiger partial charge in [-0.25, -0.2) is 9.78 Å². The Morgan fingerprint density at radius 2 is 1.84 bits per heavy atom. The number of methoxy groups -OCH3 is 1. The fraction of sp³-hybridized carbons (Fsp3) is 0.356. The lowest BCUT2D eigenvalue weighted by Gasteiger charge is -2.30. The number of carbonyl (C=O) groups is 3. The van der Waals surface area contributed by atoms with Crippen molar-refractivity contribution >= 4 is 28.6 Å². The van der Waals surface area contributed by atoms with E-state index in [0.29, 0.717) is 40.0 Å². The molecule has 4 N–H and O–H groups in total. The zero-order chi connectivity index (χ0) is 40.4. The summed E-state index contributed by atoms with van der Waals surface area (Å²) in [5.74, 6) is -1.28. The van der Waals surface area contributed by atoms with Gasteiger partial charge >= 0.3 is 5.97 Å². The number of benzene rings is 3. The number of ketones is 1. The number of nitrogens with one attached hydrogen (secondary N) is 2. The minimum atomic E-state index is -1.55. The Hall–Kier alpha value is -6.21. The van der Waals surface area contributed by atoms with Gasteiger partial charge in [0.1, 0.15) is 34.7 Å². The van der Waals surface area contributed by atoms with Crippen LogP contribution in [0.5, 0.6) is 11.5 Å². The molecule has 10 bridgehead atoms. The molecule has 58 heavy (non-hydrogen) atoms. The number of carbonyl (C=O) groups excluding carboxylic acids is 3. The summed E-state index contributed by atoms with van der Waals surface area (Å²) in [6.45, 7) is 7.40. The number of amides is 1. The molecule has 13 heteroatoms. The van der Waals surface area contributed by atoms with Gasteiger partial charge in [0.2, 0.25) is 17.7 Å². The third-order valence-electron chi connectivity index (χ3n) is 13.0. The van der Waals surface area contributed by atoms with E-state index in [4.69, 9.17) is 28.3 Å². The highest BCUT2D eigenvalue weighted by molar-refractivity contribution is 6.10. The summed E-state index contributed by atoms with van der Waals surface area (Å²) < 4.78 is 25.9. The average Bonchev–Trinajstić information content (AvgIpc) is 4.04. The van der Waals surface area contributed by atoms with Crippen molar-refractivity contribution in [2.24, 2.45) is 11.8 Å². The summed E-state index contributed by atoms with van der Waals surface area (Å²) in [5.41, 5.74) is 3.28. The third-order valence-corrected chi connectivity index (χ3v) is 13.0. The number of rotatable bonds is 7. The van der Waals surface area contributed by atoms with Crippen LogP contribution in [0.2, 0.25) is 0 Å². The van der Waals surface area contributed by atoms with Crippen molar-refractivity contribution < 1.29 is 42.9 Å². The van der Waals surface area contributed by atoms with Gasteiger partial charge in [-0.15, -0.1) is 0 Å². The maximum absolute atomic E-state index is 14.4. The van der Waals surface area contributed by atoms with Gasteiger partial charge in [0.25, 0.3) is 0 Å². The Morgan fingerprint density at radius 3 is 2.60 bits per heavy atom. The molecule has 1 aliphatic carbocycles. The van der Waals surface area contributed by atoms with Crippen LogP contribution in [0.4, 0.5) is 0 Å². The summed E-state index contributed by atoms with van der Waals surface area (Å²) >= 11 is 0. The Morgan fingerprint density at radius 1 is 1.03 bits per heavy atom. The predicted molar refractivity (Wildman–Crippen MR) is 210 cm³/mol. The highest BCUT2D eigenvalue weighted by Gasteiger charge is 2.61. The number of H-pyrrole nitrogens is 1. The van der Waals surface area contributed by atoms with E-state index in [-0.39, 0.29) is 78.0 Å². The second-order valence-corrected chi connectivity index (χ2v) is 16.3. The van der Waals surface area contributed by atoms with Crippen molar-refractivity contribution in [3.8, 4) is 45.5 Å². The molecule has 0 fully saturated rings. The summed E-state index contributed by atoms with van der Waals surface area (Å²) in [7, 11) is 1.27. The van der Waals surface area contributed by atoms with E-state index in [2.05, 4.69) is 10.3 Å². The van der Waals surface area contributed by atoms with Crippen LogP contribution in [0.1, 0.15) is 97.4 Å². The highest BCUT2D eigenvalue weighted by Crippen LogP contribution is 2.61. The van der Waals surface area contributed by atoms with Gasteiger partial charge in [0.15, 0.2) is 28.7 Å². The van der Waals surface area contributed by atoms with Crippen molar-refractivity contribution in [2.75, 3.05) is 7.11 Å². The van der Waals surface area contributed by atoms with Gasteiger partial charge in [0.05, 0.1) is 7.11 Å². The predicted octanol–water partition coefficient (Wildman–Crippen LogP) is 7.10. The minimum Gasteiger partial charge on any atom is -0.507 e. The fourth-order valence-electron chi connectivity index (χ4n) is 9.80. The molecule has 1 unspecified atom stereocenters. The van der Waals surface area contributed by atoms with Gasteiger partial charge in [-0.1, -0.05) is 58.0 Å². The molecule has 4 atom stereocenters. The number of aromatic amines is 1. The SMILES string of the molecule is CCC(O)(CC)C(=O)C[C@H]1Cc2ccc3c(c2)C24c5cccc(c5C[C@H]2O3)-c2c(O)ccc3[nH]cc(c23)-c2oc(nc2C(=O)OC)-c2nc(oc24)[C@H](C(C)C)NC1=O. The zero-order valence-corrected chi connectivity index (χ0v) is 32.7. The van der Waals surface area contributed by atoms with Crippen LogP contribution in [-0.4, -0.2) is 61.6 Å². The normalized spacial score (nSPS) is 21.2. The van der Waals surface area contributed by atoms with E-state index in [0.717, 1.165) is 27.8 Å². The summed E-state index contributed by atoms with van der Waals surface area (Å²) in [6.07, 6.45) is 2.08. The van der Waals surface area contributed by atoms with Gasteiger partial charge < -0.3 is 38.8 Å². The lowest BCUT2D eigenvalue weighted by Crippen LogP contribution is -2.43. The van der Waals surface area contributed by atoms with Crippen LogP contribution in [-0.2, 0) is 32.6 Å². The van der Waals surface area contributed by atoms with Gasteiger partial charge in [-0.05, 0) is 65.6 Å². The van der Waals surface area contributed by atoms with Gasteiger partial charge in [-0.2, -0.15) is 4.98 Å². The highest BCUT2D eigenvalue weighted by atomic mass is 16.5. The average molecular weight is 783 g/mol. The molecule has 3 aromatic heterocycles. The van der Waals surface area contributed by atoms with E-state index in [1.165, 1.54) is 7.11 Å². The Balaban J connectivity index is 1.31. The second-order valence-electron chi connectivity index (χ2n) is 16.3. The van der Waals surface area contributed by atoms with E-state index in [1.807, 2.05) is 50.2 Å². The summed E-state index contributed by atoms with van der Waals surface area (Å²) in [4.78, 5) is 54.9. The van der Waals surface area contributed by atoms with Crippen molar-refractivity contribution in [3.63, 3.8) is 0 Å². The molecule has 13 nitrogen and oxygen atoms in total.